The van der Waals surface area contributed by atoms with Crippen LogP contribution in [0.5, 0.6) is 0 Å². The highest BCUT2D eigenvalue weighted by atomic mass is 16.5. The van der Waals surface area contributed by atoms with E-state index < -0.39 is 0 Å². The second-order valence-corrected chi connectivity index (χ2v) is 6.76. The Bertz CT molecular complexity index is 677. The largest absolute Gasteiger partial charge is 0.375 e. The molecule has 3 heterocycles. The fraction of sp³-hybridized carbons (Fsp3) is 0.647. The molecule has 4 rings (SSSR count). The molecule has 2 aromatic rings. The van der Waals surface area contributed by atoms with Crippen molar-refractivity contribution in [2.75, 3.05) is 19.7 Å². The summed E-state index contributed by atoms with van der Waals surface area (Å²) in [5.41, 5.74) is 3.30. The molecule has 2 aliphatic rings. The smallest absolute Gasteiger partial charge is 0.157 e. The van der Waals surface area contributed by atoms with E-state index >= 15 is 0 Å². The van der Waals surface area contributed by atoms with Gasteiger partial charge < -0.3 is 4.74 Å². The van der Waals surface area contributed by atoms with E-state index in [1.165, 1.54) is 30.2 Å². The first-order valence-corrected chi connectivity index (χ1v) is 8.33. The van der Waals surface area contributed by atoms with Gasteiger partial charge >= 0.3 is 0 Å². The minimum Gasteiger partial charge on any atom is -0.375 e. The van der Waals surface area contributed by atoms with Crippen LogP contribution in [0.3, 0.4) is 0 Å². The van der Waals surface area contributed by atoms with Crippen LogP contribution in [-0.2, 0) is 18.3 Å². The predicted octanol–water partition coefficient (Wildman–Crippen LogP) is 2.28. The number of fused-ring (bicyclic) bond motifs is 1. The Kier molecular flexibility index (Phi) is 3.62. The summed E-state index contributed by atoms with van der Waals surface area (Å²) in [6.45, 7) is 5.96. The maximum absolute atomic E-state index is 5.97. The number of rotatable bonds is 3. The lowest BCUT2D eigenvalue weighted by Gasteiger charge is -2.40. The molecule has 0 N–H and O–H groups in total. The Morgan fingerprint density at radius 1 is 1.36 bits per heavy atom. The molecule has 1 unspecified atom stereocenters. The molecule has 118 valence electrons. The van der Waals surface area contributed by atoms with Gasteiger partial charge in [0, 0.05) is 38.3 Å². The first-order chi connectivity index (χ1) is 10.7. The van der Waals surface area contributed by atoms with Gasteiger partial charge in [-0.2, -0.15) is 5.10 Å². The summed E-state index contributed by atoms with van der Waals surface area (Å²) < 4.78 is 7.83. The average Bonchev–Trinajstić information content (AvgIpc) is 2.72. The monoisotopic (exact) mass is 300 g/mol. The van der Waals surface area contributed by atoms with Crippen molar-refractivity contribution in [2.45, 2.75) is 38.8 Å². The quantitative estimate of drug-likeness (QED) is 0.872. The van der Waals surface area contributed by atoms with Gasteiger partial charge in [-0.3, -0.25) is 9.58 Å². The zero-order chi connectivity index (χ0) is 15.1. The van der Waals surface area contributed by atoms with Gasteiger partial charge in [0.25, 0.3) is 0 Å². The molecule has 1 saturated heterocycles. The summed E-state index contributed by atoms with van der Waals surface area (Å²) >= 11 is 0. The standard InChI is InChI=1S/C17H24N4O/c1-12-15-8-13(9-18-17(15)20(2)19-12)10-21-6-7-22-16(11-21)14-4-3-5-14/h8-9,14,16H,3-7,10-11H2,1-2H3. The van der Waals surface area contributed by atoms with Crippen LogP contribution in [0.15, 0.2) is 12.3 Å². The number of aromatic nitrogens is 3. The van der Waals surface area contributed by atoms with E-state index in [0.29, 0.717) is 6.10 Å². The van der Waals surface area contributed by atoms with E-state index in [-0.39, 0.29) is 0 Å². The zero-order valence-electron chi connectivity index (χ0n) is 13.5. The van der Waals surface area contributed by atoms with E-state index in [1.807, 2.05) is 17.9 Å². The summed E-state index contributed by atoms with van der Waals surface area (Å²) in [4.78, 5) is 7.11. The van der Waals surface area contributed by atoms with Gasteiger partial charge in [0.05, 0.1) is 18.4 Å². The fourth-order valence-corrected chi connectivity index (χ4v) is 3.67. The summed E-state index contributed by atoms with van der Waals surface area (Å²) in [5, 5.41) is 5.62. The lowest BCUT2D eigenvalue weighted by Crippen LogP contribution is -2.46. The van der Waals surface area contributed by atoms with Crippen LogP contribution in [0.4, 0.5) is 0 Å². The molecule has 0 amide bonds. The first-order valence-electron chi connectivity index (χ1n) is 8.33. The van der Waals surface area contributed by atoms with Crippen molar-refractivity contribution in [3.63, 3.8) is 0 Å². The third-order valence-corrected chi connectivity index (χ3v) is 5.18. The van der Waals surface area contributed by atoms with Gasteiger partial charge in [-0.1, -0.05) is 6.42 Å². The van der Waals surface area contributed by atoms with Crippen molar-refractivity contribution in [2.24, 2.45) is 13.0 Å². The van der Waals surface area contributed by atoms with E-state index in [4.69, 9.17) is 4.74 Å². The normalized spacial score (nSPS) is 23.8. The van der Waals surface area contributed by atoms with Gasteiger partial charge in [0.1, 0.15) is 0 Å². The maximum Gasteiger partial charge on any atom is 0.157 e. The molecule has 0 aromatic carbocycles. The lowest BCUT2D eigenvalue weighted by molar-refractivity contribution is -0.0765. The number of aryl methyl sites for hydroxylation is 2. The van der Waals surface area contributed by atoms with Crippen LogP contribution in [0.2, 0.25) is 0 Å². The Balaban J connectivity index is 1.49. The topological polar surface area (TPSA) is 43.2 Å². The molecular formula is C17H24N4O. The molecule has 0 bridgehead atoms. The molecule has 5 heteroatoms. The molecule has 1 saturated carbocycles. The van der Waals surface area contributed by atoms with E-state index in [2.05, 4.69) is 28.0 Å². The highest BCUT2D eigenvalue weighted by Gasteiger charge is 2.31. The molecule has 1 aliphatic heterocycles. The number of nitrogens with zero attached hydrogens (tertiary/aromatic N) is 4. The first kappa shape index (κ1) is 14.2. The molecule has 0 spiro atoms. The highest BCUT2D eigenvalue weighted by Crippen LogP contribution is 2.33. The summed E-state index contributed by atoms with van der Waals surface area (Å²) in [6, 6.07) is 2.25. The molecule has 2 fully saturated rings. The van der Waals surface area contributed by atoms with Crippen molar-refractivity contribution >= 4 is 11.0 Å². The fourth-order valence-electron chi connectivity index (χ4n) is 3.67. The minimum atomic E-state index is 0.444. The van der Waals surface area contributed by atoms with Crippen LogP contribution >= 0.6 is 0 Å². The SMILES string of the molecule is Cc1nn(C)c2ncc(CN3CCOC(C4CCC4)C3)cc12. The molecule has 0 radical (unpaired) electrons. The predicted molar refractivity (Wildman–Crippen MR) is 85.6 cm³/mol. The maximum atomic E-state index is 5.97. The Morgan fingerprint density at radius 3 is 3.00 bits per heavy atom. The molecule has 2 aromatic heterocycles. The van der Waals surface area contributed by atoms with Crippen LogP contribution < -0.4 is 0 Å². The van der Waals surface area contributed by atoms with Crippen molar-refractivity contribution in [3.05, 3.63) is 23.5 Å². The summed E-state index contributed by atoms with van der Waals surface area (Å²) in [6.07, 6.45) is 6.52. The number of pyridine rings is 1. The van der Waals surface area contributed by atoms with Gasteiger partial charge in [0.15, 0.2) is 5.65 Å². The van der Waals surface area contributed by atoms with E-state index in [0.717, 1.165) is 43.5 Å². The average molecular weight is 300 g/mol. The second kappa shape index (κ2) is 5.63. The van der Waals surface area contributed by atoms with Crippen molar-refractivity contribution in [3.8, 4) is 0 Å². The second-order valence-electron chi connectivity index (χ2n) is 6.76. The van der Waals surface area contributed by atoms with Crippen LogP contribution in [-0.4, -0.2) is 45.5 Å². The third-order valence-electron chi connectivity index (χ3n) is 5.18. The molecule has 1 aliphatic carbocycles. The third kappa shape index (κ3) is 2.52. The van der Waals surface area contributed by atoms with Crippen LogP contribution in [0.1, 0.15) is 30.5 Å². The van der Waals surface area contributed by atoms with Crippen molar-refractivity contribution in [1.82, 2.24) is 19.7 Å². The zero-order valence-corrected chi connectivity index (χ0v) is 13.5. The van der Waals surface area contributed by atoms with E-state index in [9.17, 15) is 0 Å². The van der Waals surface area contributed by atoms with E-state index in [1.54, 1.807) is 0 Å². The number of morpholine rings is 1. The van der Waals surface area contributed by atoms with Crippen LogP contribution in [0, 0.1) is 12.8 Å². The van der Waals surface area contributed by atoms with Gasteiger partial charge in [-0.25, -0.2) is 4.98 Å². The van der Waals surface area contributed by atoms with Gasteiger partial charge in [-0.15, -0.1) is 0 Å². The lowest BCUT2D eigenvalue weighted by atomic mass is 9.80. The Hall–Kier alpha value is -1.46. The van der Waals surface area contributed by atoms with Crippen LogP contribution in [0.25, 0.3) is 11.0 Å². The Morgan fingerprint density at radius 2 is 2.23 bits per heavy atom. The number of hydrogen-bond donors (Lipinski definition) is 0. The van der Waals surface area contributed by atoms with Crippen molar-refractivity contribution in [1.29, 1.82) is 0 Å². The summed E-state index contributed by atoms with van der Waals surface area (Å²) in [5.74, 6) is 0.795. The minimum absolute atomic E-state index is 0.444. The molecular weight excluding hydrogens is 276 g/mol. The summed E-state index contributed by atoms with van der Waals surface area (Å²) in [7, 11) is 1.95. The highest BCUT2D eigenvalue weighted by molar-refractivity contribution is 5.78. The molecule has 5 nitrogen and oxygen atoms in total. The van der Waals surface area contributed by atoms with Crippen molar-refractivity contribution < 1.29 is 4.74 Å². The number of hydrogen-bond acceptors (Lipinski definition) is 4. The van der Waals surface area contributed by atoms with Gasteiger partial charge in [0.2, 0.25) is 0 Å². The Labute approximate surface area is 131 Å². The molecule has 22 heavy (non-hydrogen) atoms. The van der Waals surface area contributed by atoms with Gasteiger partial charge in [-0.05, 0) is 37.3 Å². The number of ether oxygens (including phenoxy) is 1. The molecule has 1 atom stereocenters.